The first-order valence-electron chi connectivity index (χ1n) is 7.01. The second-order valence-corrected chi connectivity index (χ2v) is 5.65. The largest absolute Gasteiger partial charge is 0.322 e. The first-order chi connectivity index (χ1) is 10.2. The highest BCUT2D eigenvalue weighted by Gasteiger charge is 2.13. The van der Waals surface area contributed by atoms with Gasteiger partial charge in [0, 0.05) is 6.54 Å². The van der Waals surface area contributed by atoms with Crippen LogP contribution in [-0.4, -0.2) is 9.55 Å². The molecule has 0 saturated heterocycles. The van der Waals surface area contributed by atoms with Crippen molar-refractivity contribution in [3.8, 4) is 0 Å². The Balaban J connectivity index is 2.13. The molecule has 21 heavy (non-hydrogen) atoms. The molecule has 0 radical (unpaired) electrons. The van der Waals surface area contributed by atoms with Gasteiger partial charge in [0.05, 0.1) is 16.4 Å². The van der Waals surface area contributed by atoms with Gasteiger partial charge in [0.2, 0.25) is 0 Å². The second-order valence-electron chi connectivity index (χ2n) is 4.98. The third kappa shape index (κ3) is 2.66. The summed E-state index contributed by atoms with van der Waals surface area (Å²) in [7, 11) is 0. The van der Waals surface area contributed by atoms with Gasteiger partial charge in [0.25, 0.3) is 0 Å². The van der Waals surface area contributed by atoms with E-state index in [-0.39, 0.29) is 0 Å². The molecule has 0 aliphatic heterocycles. The molecule has 0 saturated carbocycles. The Hall–Kier alpha value is -1.51. The summed E-state index contributed by atoms with van der Waals surface area (Å²) in [5.41, 5.74) is 4.50. The fraction of sp³-hybridized carbons (Fsp3) is 0.235. The number of hydrogen-bond donors (Lipinski definition) is 0. The molecule has 0 fully saturated rings. The monoisotopic (exact) mass is 318 g/mol. The van der Waals surface area contributed by atoms with Crippen LogP contribution in [-0.2, 0) is 18.8 Å². The lowest BCUT2D eigenvalue weighted by atomic mass is 10.1. The minimum atomic E-state index is 0.374. The lowest BCUT2D eigenvalue weighted by Crippen LogP contribution is -2.06. The molecule has 0 bridgehead atoms. The molecule has 0 aliphatic carbocycles. The molecule has 3 rings (SSSR count). The van der Waals surface area contributed by atoms with Crippen molar-refractivity contribution in [3.05, 3.63) is 64.4 Å². The topological polar surface area (TPSA) is 17.8 Å². The predicted octanol–water partition coefficient (Wildman–Crippen LogP) is 5.04. The van der Waals surface area contributed by atoms with Crippen molar-refractivity contribution >= 4 is 34.2 Å². The number of nitrogens with zero attached hydrogens (tertiary/aromatic N) is 2. The van der Waals surface area contributed by atoms with Gasteiger partial charge < -0.3 is 4.57 Å². The first-order valence-corrected chi connectivity index (χ1v) is 7.92. The van der Waals surface area contributed by atoms with Crippen molar-refractivity contribution in [2.24, 2.45) is 0 Å². The first kappa shape index (κ1) is 14.4. The molecule has 0 atom stereocenters. The van der Waals surface area contributed by atoms with E-state index in [9.17, 15) is 0 Å². The third-order valence-corrected chi connectivity index (χ3v) is 4.30. The number of halogens is 2. The lowest BCUT2D eigenvalue weighted by molar-refractivity contribution is 0.770. The van der Waals surface area contributed by atoms with Gasteiger partial charge in [-0.15, -0.1) is 11.6 Å². The smallest absolute Gasteiger partial charge is 0.125 e. The molecule has 2 nitrogen and oxygen atoms in total. The SMILES string of the molecule is CCc1ccccc1Cn1c(CCl)nc2c(Cl)cccc21. The van der Waals surface area contributed by atoms with Crippen LogP contribution >= 0.6 is 23.2 Å². The van der Waals surface area contributed by atoms with E-state index in [2.05, 4.69) is 40.7 Å². The maximum Gasteiger partial charge on any atom is 0.125 e. The van der Waals surface area contributed by atoms with Crippen molar-refractivity contribution < 1.29 is 0 Å². The summed E-state index contributed by atoms with van der Waals surface area (Å²) >= 11 is 12.3. The molecule has 0 unspecified atom stereocenters. The maximum atomic E-state index is 6.24. The minimum Gasteiger partial charge on any atom is -0.322 e. The van der Waals surface area contributed by atoms with Gasteiger partial charge in [0.1, 0.15) is 11.3 Å². The van der Waals surface area contributed by atoms with Gasteiger partial charge in [-0.2, -0.15) is 0 Å². The molecule has 3 aromatic rings. The number of alkyl halides is 1. The fourth-order valence-electron chi connectivity index (χ4n) is 2.67. The summed E-state index contributed by atoms with van der Waals surface area (Å²) < 4.78 is 2.16. The van der Waals surface area contributed by atoms with Crippen LogP contribution in [0.3, 0.4) is 0 Å². The normalized spacial score (nSPS) is 11.2. The zero-order valence-corrected chi connectivity index (χ0v) is 13.3. The molecular formula is C17H16Cl2N2. The predicted molar refractivity (Wildman–Crippen MR) is 89.2 cm³/mol. The number of rotatable bonds is 4. The molecule has 0 spiro atoms. The summed E-state index contributed by atoms with van der Waals surface area (Å²) in [6.45, 7) is 2.94. The second kappa shape index (κ2) is 6.08. The molecule has 0 aliphatic rings. The Morgan fingerprint density at radius 3 is 2.52 bits per heavy atom. The van der Waals surface area contributed by atoms with Crippen LogP contribution in [0.5, 0.6) is 0 Å². The van der Waals surface area contributed by atoms with Crippen molar-refractivity contribution in [2.75, 3.05) is 0 Å². The molecule has 0 amide bonds. The number of benzene rings is 2. The Morgan fingerprint density at radius 2 is 1.81 bits per heavy atom. The summed E-state index contributed by atoms with van der Waals surface area (Å²) in [6.07, 6.45) is 1.01. The number of para-hydroxylation sites is 1. The number of aromatic nitrogens is 2. The zero-order chi connectivity index (χ0) is 14.8. The quantitative estimate of drug-likeness (QED) is 0.616. The summed E-state index contributed by atoms with van der Waals surface area (Å²) in [4.78, 5) is 4.58. The van der Waals surface area contributed by atoms with Crippen LogP contribution in [0.15, 0.2) is 42.5 Å². The molecule has 1 aromatic heterocycles. The summed E-state index contributed by atoms with van der Waals surface area (Å²) in [6, 6.07) is 14.3. The molecule has 2 aromatic carbocycles. The van der Waals surface area contributed by atoms with Crippen molar-refractivity contribution in [1.82, 2.24) is 9.55 Å². The van der Waals surface area contributed by atoms with Crippen molar-refractivity contribution in [3.63, 3.8) is 0 Å². The van der Waals surface area contributed by atoms with E-state index in [1.807, 2.05) is 18.2 Å². The highest BCUT2D eigenvalue weighted by molar-refractivity contribution is 6.35. The van der Waals surface area contributed by atoms with Crippen LogP contribution in [0.2, 0.25) is 5.02 Å². The van der Waals surface area contributed by atoms with Gasteiger partial charge in [-0.25, -0.2) is 4.98 Å². The highest BCUT2D eigenvalue weighted by atomic mass is 35.5. The average Bonchev–Trinajstić information content (AvgIpc) is 2.87. The summed E-state index contributed by atoms with van der Waals surface area (Å²) in [5.74, 6) is 1.23. The Kier molecular flexibility index (Phi) is 4.18. The Bertz CT molecular complexity index is 778. The zero-order valence-electron chi connectivity index (χ0n) is 11.8. The summed E-state index contributed by atoms with van der Waals surface area (Å²) in [5, 5.41) is 0.668. The van der Waals surface area contributed by atoms with Crippen LogP contribution in [0, 0.1) is 0 Å². The van der Waals surface area contributed by atoms with E-state index in [1.54, 1.807) is 0 Å². The third-order valence-electron chi connectivity index (χ3n) is 3.76. The molecule has 0 N–H and O–H groups in total. The van der Waals surface area contributed by atoms with E-state index in [0.717, 1.165) is 29.8 Å². The number of aryl methyl sites for hydroxylation is 1. The Labute approximate surface area is 134 Å². The molecule has 4 heteroatoms. The molecule has 1 heterocycles. The Morgan fingerprint density at radius 1 is 1.05 bits per heavy atom. The molecule has 108 valence electrons. The van der Waals surface area contributed by atoms with Crippen LogP contribution in [0.4, 0.5) is 0 Å². The molecular weight excluding hydrogens is 303 g/mol. The van der Waals surface area contributed by atoms with Crippen LogP contribution < -0.4 is 0 Å². The lowest BCUT2D eigenvalue weighted by Gasteiger charge is -2.11. The van der Waals surface area contributed by atoms with Gasteiger partial charge in [0.15, 0.2) is 0 Å². The van der Waals surface area contributed by atoms with Gasteiger partial charge in [-0.05, 0) is 29.7 Å². The van der Waals surface area contributed by atoms with E-state index >= 15 is 0 Å². The van der Waals surface area contributed by atoms with Crippen LogP contribution in [0.25, 0.3) is 11.0 Å². The van der Waals surface area contributed by atoms with Crippen molar-refractivity contribution in [1.29, 1.82) is 0 Å². The van der Waals surface area contributed by atoms with Gasteiger partial charge >= 0.3 is 0 Å². The number of fused-ring (bicyclic) bond motifs is 1. The maximum absolute atomic E-state index is 6.24. The average molecular weight is 319 g/mol. The van der Waals surface area contributed by atoms with E-state index in [1.165, 1.54) is 11.1 Å². The highest BCUT2D eigenvalue weighted by Crippen LogP contribution is 2.26. The number of imidazole rings is 1. The van der Waals surface area contributed by atoms with E-state index in [4.69, 9.17) is 23.2 Å². The minimum absolute atomic E-state index is 0.374. The standard InChI is InChI=1S/C17H16Cl2N2/c1-2-12-6-3-4-7-13(12)11-21-15-9-5-8-14(19)17(15)20-16(21)10-18/h3-9H,2,10-11H2,1H3. The van der Waals surface area contributed by atoms with Crippen molar-refractivity contribution in [2.45, 2.75) is 25.8 Å². The fourth-order valence-corrected chi connectivity index (χ4v) is 3.08. The van der Waals surface area contributed by atoms with E-state index in [0.29, 0.717) is 10.9 Å². The van der Waals surface area contributed by atoms with Crippen LogP contribution in [0.1, 0.15) is 23.9 Å². The van der Waals surface area contributed by atoms with Gasteiger partial charge in [-0.3, -0.25) is 0 Å². The van der Waals surface area contributed by atoms with Gasteiger partial charge in [-0.1, -0.05) is 48.9 Å². The van der Waals surface area contributed by atoms with E-state index < -0.39 is 0 Å². The number of hydrogen-bond acceptors (Lipinski definition) is 1.